The largest absolute Gasteiger partial charge is 0.345 e. The highest BCUT2D eigenvalue weighted by Crippen LogP contribution is 1.91. The van der Waals surface area contributed by atoms with Gasteiger partial charge in [0, 0.05) is 12.5 Å². The molecule has 3 nitrogen and oxygen atoms in total. The lowest BCUT2D eigenvalue weighted by Crippen LogP contribution is -2.25. The lowest BCUT2D eigenvalue weighted by atomic mass is 10.2. The molecule has 11 heavy (non-hydrogen) atoms. The van der Waals surface area contributed by atoms with Crippen LogP contribution in [0.15, 0.2) is 0 Å². The van der Waals surface area contributed by atoms with Crippen molar-refractivity contribution in [2.75, 3.05) is 6.54 Å². The maximum Gasteiger partial charge on any atom is 0.220 e. The zero-order chi connectivity index (χ0) is 8.69. The molecule has 0 aliphatic heterocycles. The first-order valence-corrected chi connectivity index (χ1v) is 3.62. The van der Waals surface area contributed by atoms with E-state index in [0.717, 1.165) is 0 Å². The van der Waals surface area contributed by atoms with Gasteiger partial charge in [-0.15, -0.1) is 6.42 Å². The van der Waals surface area contributed by atoms with Gasteiger partial charge in [0.05, 0.1) is 6.54 Å². The molecule has 1 atom stereocenters. The second-order valence-electron chi connectivity index (χ2n) is 2.50. The molecule has 3 heteroatoms. The third-order valence-electron chi connectivity index (χ3n) is 1.21. The summed E-state index contributed by atoms with van der Waals surface area (Å²) in [5.74, 6) is 2.30. The van der Waals surface area contributed by atoms with Gasteiger partial charge in [0.2, 0.25) is 5.91 Å². The van der Waals surface area contributed by atoms with Crippen molar-refractivity contribution in [2.24, 2.45) is 5.73 Å². The van der Waals surface area contributed by atoms with E-state index in [0.29, 0.717) is 19.4 Å². The predicted octanol–water partition coefficient (Wildman–Crippen LogP) is -0.137. The van der Waals surface area contributed by atoms with Crippen molar-refractivity contribution in [3.8, 4) is 12.3 Å². The summed E-state index contributed by atoms with van der Waals surface area (Å²) in [4.78, 5) is 10.8. The van der Waals surface area contributed by atoms with Crippen LogP contribution in [0.3, 0.4) is 0 Å². The minimum absolute atomic E-state index is 0.0275. The summed E-state index contributed by atoms with van der Waals surface area (Å²) in [6.45, 7) is 2.17. The number of nitrogens with two attached hydrogens (primary N) is 1. The molecule has 0 aromatic heterocycles. The van der Waals surface area contributed by atoms with Crippen LogP contribution in [0.2, 0.25) is 0 Å². The fraction of sp³-hybridized carbons (Fsp3) is 0.625. The molecule has 0 bridgehead atoms. The maximum atomic E-state index is 10.8. The summed E-state index contributed by atoms with van der Waals surface area (Å²) in [5, 5.41) is 2.56. The monoisotopic (exact) mass is 154 g/mol. The second-order valence-corrected chi connectivity index (χ2v) is 2.50. The molecule has 0 fully saturated rings. The molecule has 0 heterocycles. The second kappa shape index (κ2) is 5.75. The van der Waals surface area contributed by atoms with Crippen molar-refractivity contribution in [1.82, 2.24) is 5.32 Å². The Bertz CT molecular complexity index is 158. The van der Waals surface area contributed by atoms with Crippen LogP contribution < -0.4 is 11.1 Å². The van der Waals surface area contributed by atoms with Crippen LogP contribution in [0, 0.1) is 12.3 Å². The Hall–Kier alpha value is -1.01. The molecular weight excluding hydrogens is 140 g/mol. The van der Waals surface area contributed by atoms with Gasteiger partial charge in [-0.2, -0.15) is 0 Å². The first-order valence-electron chi connectivity index (χ1n) is 3.62. The molecule has 62 valence electrons. The first kappa shape index (κ1) is 9.99. The summed E-state index contributed by atoms with van der Waals surface area (Å²) in [6, 6.07) is 0.0755. The average Bonchev–Trinajstić information content (AvgIpc) is 1.97. The van der Waals surface area contributed by atoms with Gasteiger partial charge in [-0.1, -0.05) is 5.92 Å². The molecule has 0 aliphatic rings. The number of carbonyl (C=O) groups is 1. The van der Waals surface area contributed by atoms with Gasteiger partial charge in [0.1, 0.15) is 0 Å². The lowest BCUT2D eigenvalue weighted by Gasteiger charge is -2.03. The number of nitrogens with one attached hydrogen (secondary N) is 1. The smallest absolute Gasteiger partial charge is 0.220 e. The Kier molecular flexibility index (Phi) is 5.22. The number of terminal acetylenes is 1. The molecule has 3 N–H and O–H groups in total. The molecule has 0 unspecified atom stereocenters. The Morgan fingerprint density at radius 3 is 2.91 bits per heavy atom. The average molecular weight is 154 g/mol. The van der Waals surface area contributed by atoms with Crippen LogP contribution in [-0.2, 0) is 4.79 Å². The zero-order valence-electron chi connectivity index (χ0n) is 6.76. The summed E-state index contributed by atoms with van der Waals surface area (Å²) >= 11 is 0. The van der Waals surface area contributed by atoms with E-state index in [2.05, 4.69) is 11.2 Å². The topological polar surface area (TPSA) is 55.1 Å². The number of amides is 1. The highest BCUT2D eigenvalue weighted by atomic mass is 16.1. The van der Waals surface area contributed by atoms with Crippen LogP contribution in [0.25, 0.3) is 0 Å². The third-order valence-corrected chi connectivity index (χ3v) is 1.21. The van der Waals surface area contributed by atoms with Gasteiger partial charge < -0.3 is 11.1 Å². The molecule has 1 amide bonds. The van der Waals surface area contributed by atoms with Gasteiger partial charge in [0.25, 0.3) is 0 Å². The van der Waals surface area contributed by atoms with Crippen LogP contribution >= 0.6 is 0 Å². The Balaban J connectivity index is 3.32. The molecule has 0 aromatic rings. The summed E-state index contributed by atoms with van der Waals surface area (Å²) in [7, 11) is 0. The van der Waals surface area contributed by atoms with E-state index in [1.54, 1.807) is 0 Å². The molecule has 0 aliphatic carbocycles. The fourth-order valence-corrected chi connectivity index (χ4v) is 0.597. The number of carbonyl (C=O) groups excluding carboxylic acids is 1. The van der Waals surface area contributed by atoms with Crippen LogP contribution in [-0.4, -0.2) is 18.5 Å². The Labute approximate surface area is 67.3 Å². The standard InChI is InChI=1S/C8H14N2O/c1-3-6-10-8(11)5-4-7(2)9/h1,7H,4-6,9H2,2H3,(H,10,11)/t7-/m0/s1. The summed E-state index contributed by atoms with van der Waals surface area (Å²) < 4.78 is 0. The summed E-state index contributed by atoms with van der Waals surface area (Å²) in [6.07, 6.45) is 6.11. The van der Waals surface area contributed by atoms with E-state index in [-0.39, 0.29) is 11.9 Å². The van der Waals surface area contributed by atoms with Crippen molar-refractivity contribution < 1.29 is 4.79 Å². The molecule has 0 rings (SSSR count). The van der Waals surface area contributed by atoms with Crippen LogP contribution in [0.4, 0.5) is 0 Å². The normalized spacial score (nSPS) is 11.7. The van der Waals surface area contributed by atoms with Gasteiger partial charge >= 0.3 is 0 Å². The van der Waals surface area contributed by atoms with Crippen molar-refractivity contribution in [3.05, 3.63) is 0 Å². The van der Waals surface area contributed by atoms with E-state index in [4.69, 9.17) is 12.2 Å². The third kappa shape index (κ3) is 6.88. The van der Waals surface area contributed by atoms with Crippen LogP contribution in [0.1, 0.15) is 19.8 Å². The minimum Gasteiger partial charge on any atom is -0.345 e. The van der Waals surface area contributed by atoms with E-state index < -0.39 is 0 Å². The van der Waals surface area contributed by atoms with Crippen molar-refractivity contribution in [1.29, 1.82) is 0 Å². The molecule has 0 saturated carbocycles. The highest BCUT2D eigenvalue weighted by molar-refractivity contribution is 5.76. The minimum atomic E-state index is -0.0275. The van der Waals surface area contributed by atoms with Crippen molar-refractivity contribution in [2.45, 2.75) is 25.8 Å². The number of rotatable bonds is 4. The summed E-state index contributed by atoms with van der Waals surface area (Å²) in [5.41, 5.74) is 5.45. The highest BCUT2D eigenvalue weighted by Gasteiger charge is 2.00. The van der Waals surface area contributed by atoms with E-state index in [1.165, 1.54) is 0 Å². The fourth-order valence-electron chi connectivity index (χ4n) is 0.597. The van der Waals surface area contributed by atoms with Gasteiger partial charge in [-0.05, 0) is 13.3 Å². The van der Waals surface area contributed by atoms with Crippen molar-refractivity contribution in [3.63, 3.8) is 0 Å². The Morgan fingerprint density at radius 1 is 1.82 bits per heavy atom. The van der Waals surface area contributed by atoms with E-state index in [9.17, 15) is 4.79 Å². The van der Waals surface area contributed by atoms with E-state index >= 15 is 0 Å². The molecule has 0 spiro atoms. The molecule has 0 radical (unpaired) electrons. The quantitative estimate of drug-likeness (QED) is 0.554. The first-order chi connectivity index (χ1) is 5.16. The molecular formula is C8H14N2O. The van der Waals surface area contributed by atoms with Gasteiger partial charge in [-0.3, -0.25) is 4.79 Å². The van der Waals surface area contributed by atoms with Gasteiger partial charge in [-0.25, -0.2) is 0 Å². The van der Waals surface area contributed by atoms with Crippen LogP contribution in [0.5, 0.6) is 0 Å². The molecule has 0 saturated heterocycles. The Morgan fingerprint density at radius 2 is 2.45 bits per heavy atom. The SMILES string of the molecule is C#CCNC(=O)CC[C@H](C)N. The van der Waals surface area contributed by atoms with E-state index in [1.807, 2.05) is 6.92 Å². The molecule has 0 aromatic carbocycles. The number of hydrogen-bond acceptors (Lipinski definition) is 2. The zero-order valence-corrected chi connectivity index (χ0v) is 6.76. The number of hydrogen-bond donors (Lipinski definition) is 2. The lowest BCUT2D eigenvalue weighted by molar-refractivity contribution is -0.121. The van der Waals surface area contributed by atoms with Gasteiger partial charge in [0.15, 0.2) is 0 Å². The maximum absolute atomic E-state index is 10.8. The van der Waals surface area contributed by atoms with Crippen molar-refractivity contribution >= 4 is 5.91 Å². The predicted molar refractivity (Wildman–Crippen MR) is 44.7 cm³/mol.